The van der Waals surface area contributed by atoms with E-state index in [0.29, 0.717) is 31.1 Å². The summed E-state index contributed by atoms with van der Waals surface area (Å²) in [6, 6.07) is 1.71. The van der Waals surface area contributed by atoms with Crippen LogP contribution in [-0.2, 0) is 9.47 Å². The van der Waals surface area contributed by atoms with E-state index in [9.17, 15) is 4.79 Å². The lowest BCUT2D eigenvalue weighted by atomic mass is 10.2. The van der Waals surface area contributed by atoms with Crippen molar-refractivity contribution in [3.8, 4) is 0 Å². The van der Waals surface area contributed by atoms with Gasteiger partial charge >= 0.3 is 0 Å². The van der Waals surface area contributed by atoms with Gasteiger partial charge in [0.05, 0.1) is 24.8 Å². The summed E-state index contributed by atoms with van der Waals surface area (Å²) in [6.45, 7) is 3.37. The molecule has 0 spiro atoms. The first-order chi connectivity index (χ1) is 10.0. The van der Waals surface area contributed by atoms with Crippen LogP contribution < -0.4 is 5.32 Å². The van der Waals surface area contributed by atoms with Gasteiger partial charge in [-0.15, -0.1) is 0 Å². The van der Waals surface area contributed by atoms with Gasteiger partial charge in [-0.3, -0.25) is 4.79 Å². The minimum Gasteiger partial charge on any atom is -0.383 e. The molecular formula is C14H22BrN3O3. The van der Waals surface area contributed by atoms with Gasteiger partial charge in [-0.2, -0.15) is 0 Å². The van der Waals surface area contributed by atoms with Crippen molar-refractivity contribution < 1.29 is 14.3 Å². The highest BCUT2D eigenvalue weighted by Gasteiger charge is 2.24. The van der Waals surface area contributed by atoms with E-state index < -0.39 is 0 Å². The molecular weight excluding hydrogens is 338 g/mol. The van der Waals surface area contributed by atoms with Crippen molar-refractivity contribution >= 4 is 27.7 Å². The van der Waals surface area contributed by atoms with Crippen LogP contribution in [0, 0.1) is 0 Å². The summed E-state index contributed by atoms with van der Waals surface area (Å²) < 4.78 is 11.0. The molecule has 1 amide bonds. The first-order valence-corrected chi connectivity index (χ1v) is 7.46. The highest BCUT2D eigenvalue weighted by atomic mass is 79.9. The molecule has 0 radical (unpaired) electrons. The fraction of sp³-hybridized carbons (Fsp3) is 0.571. The van der Waals surface area contributed by atoms with Crippen molar-refractivity contribution in [2.24, 2.45) is 0 Å². The zero-order valence-electron chi connectivity index (χ0n) is 12.9. The molecule has 118 valence electrons. The molecule has 0 fully saturated rings. The van der Waals surface area contributed by atoms with Gasteiger partial charge in [0.2, 0.25) is 0 Å². The fourth-order valence-corrected chi connectivity index (χ4v) is 2.33. The van der Waals surface area contributed by atoms with E-state index in [4.69, 9.17) is 9.47 Å². The van der Waals surface area contributed by atoms with E-state index in [-0.39, 0.29) is 11.9 Å². The topological polar surface area (TPSA) is 63.7 Å². The molecule has 0 aromatic carbocycles. The van der Waals surface area contributed by atoms with E-state index in [1.165, 1.54) is 0 Å². The van der Waals surface area contributed by atoms with Crippen LogP contribution in [0.15, 0.2) is 16.7 Å². The number of anilines is 1. The minimum atomic E-state index is -0.102. The smallest absolute Gasteiger partial charge is 0.258 e. The number of amides is 1. The van der Waals surface area contributed by atoms with Crippen LogP contribution in [0.25, 0.3) is 0 Å². The molecule has 21 heavy (non-hydrogen) atoms. The Hall–Kier alpha value is -1.18. The van der Waals surface area contributed by atoms with Crippen molar-refractivity contribution in [2.75, 3.05) is 46.3 Å². The maximum atomic E-state index is 12.8. The number of carbonyl (C=O) groups excluding carboxylic acids is 1. The predicted octanol–water partition coefficient (Wildman–Crippen LogP) is 2.01. The summed E-state index contributed by atoms with van der Waals surface area (Å²) in [5.74, 6) is 0.449. The number of carbonyl (C=O) groups is 1. The van der Waals surface area contributed by atoms with Crippen LogP contribution >= 0.6 is 15.9 Å². The molecule has 1 aromatic rings. The number of aromatic nitrogens is 1. The standard InChI is InChI=1S/C14H22BrN3O3/c1-10(9-21-4)18(5-6-20-3)14(19)12-7-11(15)8-17-13(12)16-2/h7-8,10H,5-6,9H2,1-4H3,(H,16,17). The quantitative estimate of drug-likeness (QED) is 0.769. The Morgan fingerprint density at radius 2 is 2.19 bits per heavy atom. The van der Waals surface area contributed by atoms with Crippen LogP contribution in [0.5, 0.6) is 0 Å². The van der Waals surface area contributed by atoms with E-state index in [1.807, 2.05) is 6.92 Å². The molecule has 0 saturated heterocycles. The Balaban J connectivity index is 3.06. The van der Waals surface area contributed by atoms with Crippen LogP contribution in [0.4, 0.5) is 5.82 Å². The summed E-state index contributed by atoms with van der Waals surface area (Å²) in [5, 5.41) is 2.94. The number of nitrogens with one attached hydrogen (secondary N) is 1. The second-order valence-electron chi connectivity index (χ2n) is 4.60. The number of nitrogens with zero attached hydrogens (tertiary/aromatic N) is 2. The van der Waals surface area contributed by atoms with Gasteiger partial charge < -0.3 is 19.7 Å². The third-order valence-electron chi connectivity index (χ3n) is 3.06. The molecule has 0 aliphatic heterocycles. The summed E-state index contributed by atoms with van der Waals surface area (Å²) >= 11 is 3.35. The van der Waals surface area contributed by atoms with Gasteiger partial charge in [0, 0.05) is 38.5 Å². The average molecular weight is 360 g/mol. The van der Waals surface area contributed by atoms with E-state index in [1.54, 1.807) is 38.4 Å². The van der Waals surface area contributed by atoms with Gasteiger partial charge in [0.25, 0.3) is 5.91 Å². The first-order valence-electron chi connectivity index (χ1n) is 6.67. The number of hydrogen-bond donors (Lipinski definition) is 1. The number of pyridine rings is 1. The highest BCUT2D eigenvalue weighted by molar-refractivity contribution is 9.10. The molecule has 1 rings (SSSR count). The number of rotatable bonds is 8. The van der Waals surface area contributed by atoms with Crippen molar-refractivity contribution in [3.05, 3.63) is 22.3 Å². The second-order valence-corrected chi connectivity index (χ2v) is 5.51. The Labute approximate surface area is 134 Å². The SMILES string of the molecule is CNc1ncc(Br)cc1C(=O)N(CCOC)C(C)COC. The molecule has 0 aliphatic rings. The fourth-order valence-electron chi connectivity index (χ4n) is 2.00. The number of methoxy groups -OCH3 is 2. The van der Waals surface area contributed by atoms with Crippen LogP contribution in [-0.4, -0.2) is 62.9 Å². The maximum Gasteiger partial charge on any atom is 0.258 e. The lowest BCUT2D eigenvalue weighted by molar-refractivity contribution is 0.0480. The average Bonchev–Trinajstić information content (AvgIpc) is 2.47. The van der Waals surface area contributed by atoms with Crippen molar-refractivity contribution in [2.45, 2.75) is 13.0 Å². The normalized spacial score (nSPS) is 12.0. The van der Waals surface area contributed by atoms with Gasteiger partial charge in [-0.1, -0.05) is 0 Å². The lowest BCUT2D eigenvalue weighted by Gasteiger charge is -2.29. The Morgan fingerprint density at radius 3 is 2.76 bits per heavy atom. The molecule has 6 nitrogen and oxygen atoms in total. The molecule has 7 heteroatoms. The third-order valence-corrected chi connectivity index (χ3v) is 3.49. The van der Waals surface area contributed by atoms with E-state index >= 15 is 0 Å². The molecule has 1 N–H and O–H groups in total. The largest absolute Gasteiger partial charge is 0.383 e. The summed E-state index contributed by atoms with van der Waals surface area (Å²) in [7, 11) is 4.98. The Bertz CT molecular complexity index is 471. The number of hydrogen-bond acceptors (Lipinski definition) is 5. The molecule has 1 atom stereocenters. The maximum absolute atomic E-state index is 12.8. The zero-order valence-corrected chi connectivity index (χ0v) is 14.4. The molecule has 1 aromatic heterocycles. The van der Waals surface area contributed by atoms with Crippen molar-refractivity contribution in [1.29, 1.82) is 0 Å². The van der Waals surface area contributed by atoms with Crippen LogP contribution in [0.3, 0.4) is 0 Å². The zero-order chi connectivity index (χ0) is 15.8. The van der Waals surface area contributed by atoms with Gasteiger partial charge in [0.15, 0.2) is 0 Å². The Kier molecular flexibility index (Phi) is 7.63. The molecule has 1 unspecified atom stereocenters. The number of ether oxygens (including phenoxy) is 2. The molecule has 0 aliphatic carbocycles. The van der Waals surface area contributed by atoms with Crippen molar-refractivity contribution in [1.82, 2.24) is 9.88 Å². The summed E-state index contributed by atoms with van der Waals surface area (Å²) in [5.41, 5.74) is 0.519. The minimum absolute atomic E-state index is 0.0543. The van der Waals surface area contributed by atoms with Gasteiger partial charge in [-0.05, 0) is 28.9 Å². The van der Waals surface area contributed by atoms with E-state index in [2.05, 4.69) is 26.2 Å². The monoisotopic (exact) mass is 359 g/mol. The van der Waals surface area contributed by atoms with E-state index in [0.717, 1.165) is 4.47 Å². The summed E-state index contributed by atoms with van der Waals surface area (Å²) in [4.78, 5) is 18.8. The Morgan fingerprint density at radius 1 is 1.48 bits per heavy atom. The second kappa shape index (κ2) is 8.96. The highest BCUT2D eigenvalue weighted by Crippen LogP contribution is 2.20. The number of halogens is 1. The molecule has 1 heterocycles. The van der Waals surface area contributed by atoms with Gasteiger partial charge in [0.1, 0.15) is 5.82 Å². The molecule has 0 bridgehead atoms. The van der Waals surface area contributed by atoms with Crippen LogP contribution in [0.1, 0.15) is 17.3 Å². The van der Waals surface area contributed by atoms with Gasteiger partial charge in [-0.25, -0.2) is 4.98 Å². The lowest BCUT2D eigenvalue weighted by Crippen LogP contribution is -2.43. The van der Waals surface area contributed by atoms with Crippen LogP contribution in [0.2, 0.25) is 0 Å². The predicted molar refractivity (Wildman–Crippen MR) is 85.7 cm³/mol. The van der Waals surface area contributed by atoms with Crippen molar-refractivity contribution in [3.63, 3.8) is 0 Å². The molecule has 0 saturated carbocycles. The first kappa shape index (κ1) is 17.9. The third kappa shape index (κ3) is 4.94. The summed E-state index contributed by atoms with van der Waals surface area (Å²) in [6.07, 6.45) is 1.65.